The molecule has 134 valence electrons. The third-order valence-corrected chi connectivity index (χ3v) is 4.73. The average Bonchev–Trinajstić information content (AvgIpc) is 2.94. The second kappa shape index (κ2) is 8.14. The van der Waals surface area contributed by atoms with Crippen LogP contribution in [0.3, 0.4) is 0 Å². The summed E-state index contributed by atoms with van der Waals surface area (Å²) in [5, 5.41) is 8.70. The first-order chi connectivity index (χ1) is 12.2. The van der Waals surface area contributed by atoms with E-state index in [2.05, 4.69) is 10.4 Å². The number of amides is 2. The molecule has 1 fully saturated rings. The van der Waals surface area contributed by atoms with E-state index in [1.54, 1.807) is 6.92 Å². The molecule has 6 heteroatoms. The van der Waals surface area contributed by atoms with E-state index in [4.69, 9.17) is 4.74 Å². The van der Waals surface area contributed by atoms with Gasteiger partial charge < -0.3 is 10.1 Å². The van der Waals surface area contributed by atoms with Gasteiger partial charge in [-0.15, -0.1) is 0 Å². The predicted octanol–water partition coefficient (Wildman–Crippen LogP) is 3.77. The minimum atomic E-state index is -0.451. The van der Waals surface area contributed by atoms with Gasteiger partial charge in [0.2, 0.25) is 0 Å². The highest BCUT2D eigenvalue weighted by molar-refractivity contribution is 6.11. The van der Waals surface area contributed by atoms with Crippen molar-refractivity contribution in [2.75, 3.05) is 18.5 Å². The summed E-state index contributed by atoms with van der Waals surface area (Å²) in [6, 6.07) is 7.33. The number of esters is 1. The predicted molar refractivity (Wildman–Crippen MR) is 96.5 cm³/mol. The average molecular weight is 343 g/mol. The summed E-state index contributed by atoms with van der Waals surface area (Å²) in [6.07, 6.45) is 6.96. The third-order valence-electron chi connectivity index (χ3n) is 4.73. The second-order valence-electron chi connectivity index (χ2n) is 6.51. The minimum Gasteiger partial charge on any atom is -0.465 e. The number of hydrazone groups is 1. The van der Waals surface area contributed by atoms with Gasteiger partial charge in [0.25, 0.3) is 0 Å². The number of nitrogens with zero attached hydrogens (tertiary/aromatic N) is 2. The van der Waals surface area contributed by atoms with Crippen LogP contribution in [-0.2, 0) is 9.53 Å². The Kier molecular flexibility index (Phi) is 5.68. The first-order valence-corrected chi connectivity index (χ1v) is 9.11. The topological polar surface area (TPSA) is 71.0 Å². The third kappa shape index (κ3) is 4.18. The van der Waals surface area contributed by atoms with E-state index < -0.39 is 12.0 Å². The highest BCUT2D eigenvalue weighted by atomic mass is 16.5. The highest BCUT2D eigenvalue weighted by Crippen LogP contribution is 2.31. The normalized spacial score (nSPS) is 18.5. The Balaban J connectivity index is 1.95. The zero-order chi connectivity index (χ0) is 17.6. The van der Waals surface area contributed by atoms with Gasteiger partial charge in [-0.2, -0.15) is 5.10 Å². The first-order valence-electron chi connectivity index (χ1n) is 9.11. The Morgan fingerprint density at radius 1 is 1.24 bits per heavy atom. The molecule has 0 bridgehead atoms. The quantitative estimate of drug-likeness (QED) is 0.668. The Hall–Kier alpha value is -2.37. The fraction of sp³-hybridized carbons (Fsp3) is 0.526. The van der Waals surface area contributed by atoms with Gasteiger partial charge in [-0.25, -0.2) is 9.80 Å². The molecule has 0 unspecified atom stereocenters. The van der Waals surface area contributed by atoms with Crippen LogP contribution in [0, 0.1) is 5.92 Å². The summed E-state index contributed by atoms with van der Waals surface area (Å²) in [6.45, 7) is 1.86. The van der Waals surface area contributed by atoms with Crippen molar-refractivity contribution < 1.29 is 14.3 Å². The molecule has 6 nitrogen and oxygen atoms in total. The van der Waals surface area contributed by atoms with Gasteiger partial charge in [0.1, 0.15) is 6.54 Å². The van der Waals surface area contributed by atoms with E-state index in [0.717, 1.165) is 29.8 Å². The van der Waals surface area contributed by atoms with Crippen molar-refractivity contribution in [1.82, 2.24) is 5.01 Å². The largest absolute Gasteiger partial charge is 0.465 e. The highest BCUT2D eigenvalue weighted by Gasteiger charge is 2.29. The molecule has 25 heavy (non-hydrogen) atoms. The standard InChI is InChI=1S/C19H25N3O3/c1-2-25-17(23)13-22-19(24)20-16-12-8-7-11-15(16)18(21-22)14-9-5-3-4-6-10-14/h7-8,11-12,14H,2-6,9-10,13H2,1H3,(H,20,24). The molecule has 1 aromatic rings. The van der Waals surface area contributed by atoms with E-state index in [1.807, 2.05) is 24.3 Å². The van der Waals surface area contributed by atoms with Crippen molar-refractivity contribution in [2.45, 2.75) is 45.4 Å². The van der Waals surface area contributed by atoms with Crippen LogP contribution >= 0.6 is 0 Å². The summed E-state index contributed by atoms with van der Waals surface area (Å²) in [4.78, 5) is 24.4. The van der Waals surface area contributed by atoms with Crippen LogP contribution in [0.1, 0.15) is 51.0 Å². The molecule has 1 aromatic carbocycles. The lowest BCUT2D eigenvalue weighted by Gasteiger charge is -2.19. The van der Waals surface area contributed by atoms with Crippen LogP contribution in [0.25, 0.3) is 0 Å². The van der Waals surface area contributed by atoms with Crippen molar-refractivity contribution >= 4 is 23.4 Å². The van der Waals surface area contributed by atoms with Gasteiger partial charge in [0.05, 0.1) is 18.0 Å². The van der Waals surface area contributed by atoms with Crippen molar-refractivity contribution in [3.05, 3.63) is 29.8 Å². The number of carbonyl (C=O) groups is 2. The number of nitrogens with one attached hydrogen (secondary N) is 1. The van der Waals surface area contributed by atoms with E-state index in [0.29, 0.717) is 5.92 Å². The summed E-state index contributed by atoms with van der Waals surface area (Å²) >= 11 is 0. The number of ether oxygens (including phenoxy) is 1. The zero-order valence-electron chi connectivity index (χ0n) is 14.7. The molecule has 2 aliphatic rings. The number of benzene rings is 1. The molecular formula is C19H25N3O3. The molecule has 0 radical (unpaired) electrons. The monoisotopic (exact) mass is 343 g/mol. The minimum absolute atomic E-state index is 0.177. The Labute approximate surface area is 148 Å². The molecule has 1 N–H and O–H groups in total. The molecule has 1 saturated carbocycles. The fourth-order valence-corrected chi connectivity index (χ4v) is 3.51. The summed E-state index contributed by atoms with van der Waals surface area (Å²) < 4.78 is 4.98. The maximum absolute atomic E-state index is 12.5. The fourth-order valence-electron chi connectivity index (χ4n) is 3.51. The van der Waals surface area contributed by atoms with Gasteiger partial charge in [0, 0.05) is 11.5 Å². The number of urea groups is 1. The second-order valence-corrected chi connectivity index (χ2v) is 6.51. The van der Waals surface area contributed by atoms with Crippen molar-refractivity contribution in [2.24, 2.45) is 11.0 Å². The number of para-hydroxylation sites is 1. The van der Waals surface area contributed by atoms with Crippen LogP contribution in [0.5, 0.6) is 0 Å². The molecule has 1 aliphatic carbocycles. The van der Waals surface area contributed by atoms with E-state index in [9.17, 15) is 9.59 Å². The van der Waals surface area contributed by atoms with Crippen LogP contribution in [-0.4, -0.2) is 35.9 Å². The van der Waals surface area contributed by atoms with Crippen molar-refractivity contribution in [3.63, 3.8) is 0 Å². The van der Waals surface area contributed by atoms with Crippen LogP contribution in [0.2, 0.25) is 0 Å². The van der Waals surface area contributed by atoms with E-state index in [-0.39, 0.29) is 13.2 Å². The van der Waals surface area contributed by atoms with Crippen LogP contribution in [0.15, 0.2) is 29.4 Å². The Morgan fingerprint density at radius 2 is 1.96 bits per heavy atom. The number of hydrogen-bond acceptors (Lipinski definition) is 4. The summed E-state index contributed by atoms with van der Waals surface area (Å²) in [5.74, 6) is -0.145. The smallest absolute Gasteiger partial charge is 0.342 e. The maximum Gasteiger partial charge on any atom is 0.342 e. The molecule has 0 spiro atoms. The van der Waals surface area contributed by atoms with Gasteiger partial charge in [0.15, 0.2) is 0 Å². The lowest BCUT2D eigenvalue weighted by molar-refractivity contribution is -0.143. The lowest BCUT2D eigenvalue weighted by Crippen LogP contribution is -2.35. The SMILES string of the molecule is CCOC(=O)CN1N=C(C2CCCCCC2)c2ccccc2NC1=O. The van der Waals surface area contributed by atoms with Crippen LogP contribution in [0.4, 0.5) is 10.5 Å². The Bertz CT molecular complexity index is 664. The van der Waals surface area contributed by atoms with E-state index in [1.165, 1.54) is 30.7 Å². The van der Waals surface area contributed by atoms with Gasteiger partial charge in [-0.3, -0.25) is 4.79 Å². The number of rotatable bonds is 4. The summed E-state index contributed by atoms with van der Waals surface area (Å²) in [5.41, 5.74) is 2.61. The molecule has 3 rings (SSSR count). The van der Waals surface area contributed by atoms with Gasteiger partial charge in [-0.1, -0.05) is 43.9 Å². The number of hydrogen-bond donors (Lipinski definition) is 1. The maximum atomic E-state index is 12.5. The first kappa shape index (κ1) is 17.5. The molecule has 0 saturated heterocycles. The molecule has 0 atom stereocenters. The van der Waals surface area contributed by atoms with E-state index >= 15 is 0 Å². The van der Waals surface area contributed by atoms with Gasteiger partial charge >= 0.3 is 12.0 Å². The lowest BCUT2D eigenvalue weighted by atomic mass is 9.89. The molecule has 1 heterocycles. The van der Waals surface area contributed by atoms with Gasteiger partial charge in [-0.05, 0) is 25.8 Å². The van der Waals surface area contributed by atoms with Crippen molar-refractivity contribution in [1.29, 1.82) is 0 Å². The van der Waals surface area contributed by atoms with Crippen LogP contribution < -0.4 is 5.32 Å². The Morgan fingerprint density at radius 3 is 2.68 bits per heavy atom. The number of anilines is 1. The zero-order valence-corrected chi connectivity index (χ0v) is 14.7. The van der Waals surface area contributed by atoms with Crippen molar-refractivity contribution in [3.8, 4) is 0 Å². The number of fused-ring (bicyclic) bond motifs is 1. The molecular weight excluding hydrogens is 318 g/mol. The number of carbonyl (C=O) groups excluding carboxylic acids is 2. The molecule has 1 aliphatic heterocycles. The molecule has 0 aromatic heterocycles. The molecule has 2 amide bonds. The summed E-state index contributed by atoms with van der Waals surface area (Å²) in [7, 11) is 0.